The number of nitrogens with zero attached hydrogens (tertiary/aromatic N) is 3. The minimum atomic E-state index is -5.24. The SMILES string of the molecule is CC1(Cn2nc(C3CC3(F)F)c(C(F)(F)F)c2C(=O)Nc2ccnc([S@@](C)(=N)=O)c2)CC(F)(F)C1. The van der Waals surface area contributed by atoms with Crippen LogP contribution in [0.2, 0.25) is 0 Å². The number of nitrogens with one attached hydrogen (secondary N) is 2. The molecule has 2 aromatic rings. The van der Waals surface area contributed by atoms with Crippen molar-refractivity contribution in [3.05, 3.63) is 35.3 Å². The predicted octanol–water partition coefficient (Wildman–Crippen LogP) is 5.14. The minimum Gasteiger partial charge on any atom is -0.320 e. The van der Waals surface area contributed by atoms with Gasteiger partial charge in [0.05, 0.1) is 21.3 Å². The summed E-state index contributed by atoms with van der Waals surface area (Å²) in [6, 6.07) is 2.20. The van der Waals surface area contributed by atoms with Crippen molar-refractivity contribution in [2.45, 2.75) is 61.7 Å². The van der Waals surface area contributed by atoms with Crippen LogP contribution in [-0.2, 0) is 22.5 Å². The maximum atomic E-state index is 14.1. The first-order chi connectivity index (χ1) is 15.8. The van der Waals surface area contributed by atoms with Crippen molar-refractivity contribution in [2.75, 3.05) is 11.6 Å². The maximum absolute atomic E-state index is 14.1. The van der Waals surface area contributed by atoms with Gasteiger partial charge in [-0.25, -0.2) is 31.5 Å². The van der Waals surface area contributed by atoms with E-state index in [0.717, 1.165) is 18.5 Å². The van der Waals surface area contributed by atoms with Gasteiger partial charge in [-0.15, -0.1) is 0 Å². The summed E-state index contributed by atoms with van der Waals surface area (Å²) in [5, 5.41) is 5.61. The Bertz CT molecular complexity index is 1300. The highest BCUT2D eigenvalue weighted by Gasteiger charge is 2.62. The number of carbonyl (C=O) groups is 1. The summed E-state index contributed by atoms with van der Waals surface area (Å²) >= 11 is 0. The molecule has 2 aromatic heterocycles. The van der Waals surface area contributed by atoms with Crippen LogP contribution >= 0.6 is 0 Å². The van der Waals surface area contributed by atoms with Crippen LogP contribution in [0.15, 0.2) is 23.4 Å². The Hall–Kier alpha value is -2.71. The molecule has 7 nitrogen and oxygen atoms in total. The third-order valence-corrected chi connectivity index (χ3v) is 6.95. The lowest BCUT2D eigenvalue weighted by Gasteiger charge is -2.44. The first kappa shape index (κ1) is 25.4. The van der Waals surface area contributed by atoms with Crippen molar-refractivity contribution < 1.29 is 39.7 Å². The molecule has 15 heteroatoms. The number of carbonyl (C=O) groups excluding carboxylic acids is 1. The molecular formula is C20H20F7N5O2S. The van der Waals surface area contributed by atoms with Crippen molar-refractivity contribution in [3.63, 3.8) is 0 Å². The van der Waals surface area contributed by atoms with Crippen LogP contribution in [-0.4, -0.2) is 43.0 Å². The van der Waals surface area contributed by atoms with Crippen LogP contribution in [0.4, 0.5) is 36.4 Å². The summed E-state index contributed by atoms with van der Waals surface area (Å²) < 4.78 is 117. The maximum Gasteiger partial charge on any atom is 0.420 e. The van der Waals surface area contributed by atoms with Crippen molar-refractivity contribution in [2.24, 2.45) is 5.41 Å². The average molecular weight is 527 g/mol. The molecule has 0 saturated heterocycles. The molecule has 2 aliphatic rings. The second kappa shape index (κ2) is 7.64. The van der Waals surface area contributed by atoms with E-state index >= 15 is 0 Å². The van der Waals surface area contributed by atoms with Crippen molar-refractivity contribution in [1.29, 1.82) is 4.78 Å². The molecule has 2 fully saturated rings. The zero-order valence-electron chi connectivity index (χ0n) is 18.3. The number of alkyl halides is 7. The lowest BCUT2D eigenvalue weighted by Crippen LogP contribution is -2.47. The van der Waals surface area contributed by atoms with E-state index in [0.29, 0.717) is 4.68 Å². The van der Waals surface area contributed by atoms with E-state index in [-0.39, 0.29) is 10.7 Å². The lowest BCUT2D eigenvalue weighted by molar-refractivity contribution is -0.160. The van der Waals surface area contributed by atoms with Crippen LogP contribution in [0.3, 0.4) is 0 Å². The molecule has 2 aliphatic carbocycles. The topological polar surface area (TPSA) is 101 Å². The number of hydrogen-bond donors (Lipinski definition) is 2. The number of hydrogen-bond acceptors (Lipinski definition) is 5. The fraction of sp³-hybridized carbons (Fsp3) is 0.550. The summed E-state index contributed by atoms with van der Waals surface area (Å²) in [5.74, 6) is -9.70. The normalized spacial score (nSPS) is 23.7. The van der Waals surface area contributed by atoms with Gasteiger partial charge < -0.3 is 5.32 Å². The predicted molar refractivity (Wildman–Crippen MR) is 109 cm³/mol. The minimum absolute atomic E-state index is 0.151. The van der Waals surface area contributed by atoms with Crippen LogP contribution in [0, 0.1) is 10.2 Å². The lowest BCUT2D eigenvalue weighted by atomic mass is 9.67. The fourth-order valence-corrected chi connectivity index (χ4v) is 5.03. The quantitative estimate of drug-likeness (QED) is 0.508. The van der Waals surface area contributed by atoms with Gasteiger partial charge >= 0.3 is 6.18 Å². The summed E-state index contributed by atoms with van der Waals surface area (Å²) in [6.07, 6.45) is -5.33. The molecular weight excluding hydrogens is 507 g/mol. The van der Waals surface area contributed by atoms with Crippen LogP contribution < -0.4 is 5.32 Å². The van der Waals surface area contributed by atoms with Gasteiger partial charge in [0.2, 0.25) is 5.92 Å². The summed E-state index contributed by atoms with van der Waals surface area (Å²) in [4.78, 5) is 16.8. The van der Waals surface area contributed by atoms with Crippen LogP contribution in [0.1, 0.15) is 53.8 Å². The molecule has 2 heterocycles. The Morgan fingerprint density at radius 3 is 2.37 bits per heavy atom. The van der Waals surface area contributed by atoms with E-state index in [1.165, 1.54) is 13.0 Å². The second-order valence-corrected chi connectivity index (χ2v) is 11.6. The number of amides is 1. The van der Waals surface area contributed by atoms with Crippen molar-refractivity contribution in [1.82, 2.24) is 14.8 Å². The van der Waals surface area contributed by atoms with Gasteiger partial charge in [0.1, 0.15) is 16.3 Å². The fourth-order valence-electron chi connectivity index (χ4n) is 4.42. The average Bonchev–Trinajstić information content (AvgIpc) is 3.11. The van der Waals surface area contributed by atoms with E-state index in [2.05, 4.69) is 15.4 Å². The van der Waals surface area contributed by atoms with E-state index in [1.807, 2.05) is 0 Å². The molecule has 0 aliphatic heterocycles. The van der Waals surface area contributed by atoms with Crippen molar-refractivity contribution >= 4 is 21.3 Å². The first-order valence-electron chi connectivity index (χ1n) is 10.3. The number of pyridine rings is 1. The Morgan fingerprint density at radius 2 is 1.89 bits per heavy atom. The van der Waals surface area contributed by atoms with Gasteiger partial charge in [-0.05, 0) is 17.5 Å². The van der Waals surface area contributed by atoms with Crippen molar-refractivity contribution in [3.8, 4) is 0 Å². The number of halogens is 7. The zero-order chi connectivity index (χ0) is 26.2. The molecule has 0 radical (unpaired) electrons. The highest BCUT2D eigenvalue weighted by atomic mass is 32.2. The molecule has 2 N–H and O–H groups in total. The van der Waals surface area contributed by atoms with Gasteiger partial charge in [0, 0.05) is 43.9 Å². The standard InChI is InChI=1S/C20H20F7N5O2S/c1-17(7-18(21,22)8-17)9-32-15(13(20(25,26)27)14(31-32)11-6-19(11,23)24)16(33)30-10-3-4-29-12(5-10)35(2,28)34/h3-5,11,28H,6-9H2,1-2H3,(H,29,30,33)/t11?,35-/m0/s1. The number of rotatable bonds is 6. The molecule has 1 unspecified atom stereocenters. The largest absolute Gasteiger partial charge is 0.420 e. The van der Waals surface area contributed by atoms with E-state index < -0.39 is 87.7 Å². The van der Waals surface area contributed by atoms with Gasteiger partial charge in [-0.2, -0.15) is 18.3 Å². The zero-order valence-corrected chi connectivity index (χ0v) is 19.2. The second-order valence-electron chi connectivity index (χ2n) is 9.48. The monoisotopic (exact) mass is 527 g/mol. The van der Waals surface area contributed by atoms with E-state index in [4.69, 9.17) is 4.78 Å². The Morgan fingerprint density at radius 1 is 1.29 bits per heavy atom. The molecule has 4 rings (SSSR count). The molecule has 192 valence electrons. The van der Waals surface area contributed by atoms with Gasteiger partial charge in [0.15, 0.2) is 0 Å². The van der Waals surface area contributed by atoms with E-state index in [1.54, 1.807) is 0 Å². The summed E-state index contributed by atoms with van der Waals surface area (Å²) in [7, 11) is -3.32. The molecule has 2 saturated carbocycles. The third kappa shape index (κ3) is 5.00. The molecule has 0 spiro atoms. The molecule has 2 atom stereocenters. The molecule has 35 heavy (non-hydrogen) atoms. The number of anilines is 1. The Balaban J connectivity index is 1.78. The molecule has 0 aromatic carbocycles. The molecule has 1 amide bonds. The smallest absolute Gasteiger partial charge is 0.320 e. The van der Waals surface area contributed by atoms with Crippen LogP contribution in [0.25, 0.3) is 0 Å². The summed E-state index contributed by atoms with van der Waals surface area (Å²) in [6.45, 7) is 0.859. The van der Waals surface area contributed by atoms with E-state index in [9.17, 15) is 39.7 Å². The van der Waals surface area contributed by atoms with Crippen LogP contribution in [0.5, 0.6) is 0 Å². The first-order valence-corrected chi connectivity index (χ1v) is 12.2. The third-order valence-electron chi connectivity index (χ3n) is 5.93. The Kier molecular flexibility index (Phi) is 5.54. The molecule has 0 bridgehead atoms. The summed E-state index contributed by atoms with van der Waals surface area (Å²) in [5.41, 5.74) is -5.11. The number of aromatic nitrogens is 3. The highest BCUT2D eigenvalue weighted by molar-refractivity contribution is 7.91. The van der Waals surface area contributed by atoms with Gasteiger partial charge in [-0.3, -0.25) is 9.48 Å². The van der Waals surface area contributed by atoms with Gasteiger partial charge in [0.25, 0.3) is 11.8 Å². The Labute approximate surface area is 195 Å². The van der Waals surface area contributed by atoms with Gasteiger partial charge in [-0.1, -0.05) is 6.92 Å². The highest BCUT2D eigenvalue weighted by Crippen LogP contribution is 2.58.